The number of rotatable bonds is 2. The van der Waals surface area contributed by atoms with Crippen molar-refractivity contribution < 1.29 is 9.53 Å². The Hall–Kier alpha value is -1.49. The van der Waals surface area contributed by atoms with Gasteiger partial charge in [0.25, 0.3) is 0 Å². The van der Waals surface area contributed by atoms with Crippen LogP contribution in [0.25, 0.3) is 0 Å². The molecule has 1 fully saturated rings. The molecular formula is C9H13N3O2. The molecule has 1 aromatic heterocycles. The fourth-order valence-corrected chi connectivity index (χ4v) is 1.50. The van der Waals surface area contributed by atoms with Gasteiger partial charge in [0.1, 0.15) is 6.10 Å². The van der Waals surface area contributed by atoms with Crippen LogP contribution in [0.2, 0.25) is 0 Å². The summed E-state index contributed by atoms with van der Waals surface area (Å²) in [4.78, 5) is 13.0. The smallest absolute Gasteiger partial charge is 0.414 e. The Morgan fingerprint density at radius 1 is 1.71 bits per heavy atom. The normalized spacial score (nSPS) is 21.4. The number of nitrogens with zero attached hydrogens (tertiary/aromatic N) is 2. The highest BCUT2D eigenvalue weighted by atomic mass is 16.6. The highest BCUT2D eigenvalue weighted by Crippen LogP contribution is 2.20. The van der Waals surface area contributed by atoms with Crippen LogP contribution in [0.5, 0.6) is 0 Å². The summed E-state index contributed by atoms with van der Waals surface area (Å²) in [6.45, 7) is 0.911. The second-order valence-corrected chi connectivity index (χ2v) is 3.39. The Bertz CT molecular complexity index is 348. The largest absolute Gasteiger partial charge is 0.443 e. The zero-order chi connectivity index (χ0) is 10.1. The Morgan fingerprint density at radius 3 is 3.00 bits per heavy atom. The zero-order valence-electron chi connectivity index (χ0n) is 8.01. The topological polar surface area (TPSA) is 60.5 Å². The third kappa shape index (κ3) is 1.46. The maximum atomic E-state index is 11.4. The van der Waals surface area contributed by atoms with Crippen molar-refractivity contribution in [3.8, 4) is 0 Å². The van der Waals surface area contributed by atoms with Crippen LogP contribution in [-0.2, 0) is 11.8 Å². The molecule has 0 radical (unpaired) electrons. The first-order chi connectivity index (χ1) is 6.70. The lowest BCUT2D eigenvalue weighted by molar-refractivity contribution is 0.145. The minimum atomic E-state index is -0.313. The Balaban J connectivity index is 2.16. The van der Waals surface area contributed by atoms with Crippen molar-refractivity contribution in [3.63, 3.8) is 0 Å². The molecule has 0 aromatic carbocycles. The van der Waals surface area contributed by atoms with E-state index in [2.05, 4.69) is 0 Å². The van der Waals surface area contributed by atoms with E-state index in [1.165, 1.54) is 0 Å². The molecule has 2 heterocycles. The number of hydrogen-bond donors (Lipinski definition) is 1. The maximum Gasteiger partial charge on any atom is 0.414 e. The van der Waals surface area contributed by atoms with Crippen molar-refractivity contribution in [2.24, 2.45) is 12.8 Å². The molecule has 1 aliphatic heterocycles. The SMILES string of the molecule is Cn1ccc(N2C[C@H](CN)OC2=O)c1. The van der Waals surface area contributed by atoms with E-state index in [9.17, 15) is 4.79 Å². The van der Waals surface area contributed by atoms with Crippen molar-refractivity contribution in [1.29, 1.82) is 0 Å². The van der Waals surface area contributed by atoms with Gasteiger partial charge >= 0.3 is 6.09 Å². The number of anilines is 1. The zero-order valence-corrected chi connectivity index (χ0v) is 8.01. The first-order valence-electron chi connectivity index (χ1n) is 4.51. The van der Waals surface area contributed by atoms with Gasteiger partial charge in [-0.05, 0) is 6.07 Å². The van der Waals surface area contributed by atoms with Crippen LogP contribution in [-0.4, -0.2) is 29.9 Å². The number of hydrogen-bond acceptors (Lipinski definition) is 3. The van der Waals surface area contributed by atoms with Crippen molar-refractivity contribution >= 4 is 11.8 Å². The highest BCUT2D eigenvalue weighted by Gasteiger charge is 2.31. The van der Waals surface area contributed by atoms with Gasteiger partial charge in [0.15, 0.2) is 0 Å². The maximum absolute atomic E-state index is 11.4. The molecule has 1 atom stereocenters. The molecule has 1 aliphatic rings. The van der Waals surface area contributed by atoms with Crippen LogP contribution in [0, 0.1) is 0 Å². The molecule has 76 valence electrons. The van der Waals surface area contributed by atoms with Gasteiger partial charge in [-0.25, -0.2) is 4.79 Å². The average molecular weight is 195 g/mol. The first kappa shape index (κ1) is 9.08. The summed E-state index contributed by atoms with van der Waals surface area (Å²) in [7, 11) is 1.91. The summed E-state index contributed by atoms with van der Waals surface area (Å²) < 4.78 is 6.93. The summed E-state index contributed by atoms with van der Waals surface area (Å²) in [6, 6.07) is 1.88. The molecule has 14 heavy (non-hydrogen) atoms. The first-order valence-corrected chi connectivity index (χ1v) is 4.51. The molecule has 0 spiro atoms. The summed E-state index contributed by atoms with van der Waals surface area (Å²) in [5, 5.41) is 0. The van der Waals surface area contributed by atoms with Crippen molar-refractivity contribution in [2.45, 2.75) is 6.10 Å². The minimum Gasteiger partial charge on any atom is -0.443 e. The molecule has 0 bridgehead atoms. The van der Waals surface area contributed by atoms with Crippen LogP contribution >= 0.6 is 0 Å². The predicted molar refractivity (Wildman–Crippen MR) is 52.1 cm³/mol. The summed E-state index contributed by atoms with van der Waals surface area (Å²) >= 11 is 0. The number of carbonyl (C=O) groups excluding carboxylic acids is 1. The average Bonchev–Trinajstić information content (AvgIpc) is 2.71. The minimum absolute atomic E-state index is 0.178. The fourth-order valence-electron chi connectivity index (χ4n) is 1.50. The molecule has 2 rings (SSSR count). The number of aromatic nitrogens is 1. The number of amides is 1. The number of carbonyl (C=O) groups is 1. The molecule has 0 unspecified atom stereocenters. The fraction of sp³-hybridized carbons (Fsp3) is 0.444. The Kier molecular flexibility index (Phi) is 2.17. The molecule has 5 nitrogen and oxygen atoms in total. The van der Waals surface area contributed by atoms with Crippen LogP contribution in [0.15, 0.2) is 18.5 Å². The highest BCUT2D eigenvalue weighted by molar-refractivity contribution is 5.89. The van der Waals surface area contributed by atoms with Gasteiger partial charge in [0.2, 0.25) is 0 Å². The molecule has 1 aromatic rings. The van der Waals surface area contributed by atoms with E-state index >= 15 is 0 Å². The van der Waals surface area contributed by atoms with E-state index in [-0.39, 0.29) is 12.2 Å². The van der Waals surface area contributed by atoms with E-state index in [1.807, 2.05) is 30.1 Å². The second-order valence-electron chi connectivity index (χ2n) is 3.39. The van der Waals surface area contributed by atoms with Crippen molar-refractivity contribution in [3.05, 3.63) is 18.5 Å². The molecule has 0 saturated carbocycles. The lowest BCUT2D eigenvalue weighted by Crippen LogP contribution is -2.27. The monoisotopic (exact) mass is 195 g/mol. The van der Waals surface area contributed by atoms with Crippen LogP contribution in [0.3, 0.4) is 0 Å². The molecule has 0 aliphatic carbocycles. The quantitative estimate of drug-likeness (QED) is 0.738. The van der Waals surface area contributed by atoms with Crippen molar-refractivity contribution in [1.82, 2.24) is 4.57 Å². The third-order valence-electron chi connectivity index (χ3n) is 2.26. The number of cyclic esters (lactones) is 1. The van der Waals surface area contributed by atoms with E-state index in [0.717, 1.165) is 5.69 Å². The van der Waals surface area contributed by atoms with Crippen LogP contribution in [0.1, 0.15) is 0 Å². The number of ether oxygens (including phenoxy) is 1. The van der Waals surface area contributed by atoms with Gasteiger partial charge in [0, 0.05) is 26.0 Å². The van der Waals surface area contributed by atoms with Gasteiger partial charge < -0.3 is 15.0 Å². The van der Waals surface area contributed by atoms with Crippen LogP contribution < -0.4 is 10.6 Å². The molecule has 2 N–H and O–H groups in total. The molecule has 5 heteroatoms. The third-order valence-corrected chi connectivity index (χ3v) is 2.26. The van der Waals surface area contributed by atoms with Gasteiger partial charge in [0.05, 0.1) is 12.2 Å². The molecular weight excluding hydrogens is 182 g/mol. The summed E-state index contributed by atoms with van der Waals surface area (Å²) in [6.07, 6.45) is 3.27. The summed E-state index contributed by atoms with van der Waals surface area (Å²) in [5.41, 5.74) is 6.29. The number of nitrogens with two attached hydrogens (primary N) is 1. The second kappa shape index (κ2) is 3.34. The van der Waals surface area contributed by atoms with Crippen molar-refractivity contribution in [2.75, 3.05) is 18.0 Å². The summed E-state index contributed by atoms with van der Waals surface area (Å²) in [5.74, 6) is 0. The number of aryl methyl sites for hydroxylation is 1. The van der Waals surface area contributed by atoms with Gasteiger partial charge in [-0.1, -0.05) is 0 Å². The van der Waals surface area contributed by atoms with Crippen LogP contribution in [0.4, 0.5) is 10.5 Å². The van der Waals surface area contributed by atoms with Gasteiger partial charge in [-0.3, -0.25) is 4.90 Å². The van der Waals surface area contributed by atoms with E-state index in [0.29, 0.717) is 13.1 Å². The van der Waals surface area contributed by atoms with Gasteiger partial charge in [-0.2, -0.15) is 0 Å². The standard InChI is InChI=1S/C9H13N3O2/c1-11-3-2-7(5-11)12-6-8(4-10)14-9(12)13/h2-3,5,8H,4,6,10H2,1H3/t8-/m0/s1. The predicted octanol–water partition coefficient (Wildman–Crippen LogP) is 0.309. The lowest BCUT2D eigenvalue weighted by atomic mass is 10.3. The Labute approximate surface area is 82.0 Å². The lowest BCUT2D eigenvalue weighted by Gasteiger charge is -2.09. The molecule has 1 saturated heterocycles. The van der Waals surface area contributed by atoms with E-state index < -0.39 is 0 Å². The Morgan fingerprint density at radius 2 is 2.50 bits per heavy atom. The van der Waals surface area contributed by atoms with E-state index in [1.54, 1.807) is 4.90 Å². The van der Waals surface area contributed by atoms with Gasteiger partial charge in [-0.15, -0.1) is 0 Å². The van der Waals surface area contributed by atoms with E-state index in [4.69, 9.17) is 10.5 Å². The molecule has 1 amide bonds.